The average Bonchev–Trinajstić information content (AvgIpc) is 3.50. The minimum atomic E-state index is -4.66. The van der Waals surface area contributed by atoms with Gasteiger partial charge in [-0.3, -0.25) is 0 Å². The van der Waals surface area contributed by atoms with Crippen LogP contribution in [0.5, 0.6) is 0 Å². The predicted molar refractivity (Wildman–Crippen MR) is 127 cm³/mol. The highest BCUT2D eigenvalue weighted by atomic mass is 32.2. The monoisotopic (exact) mass is 521 g/mol. The summed E-state index contributed by atoms with van der Waals surface area (Å²) in [5.74, 6) is 0.393. The third kappa shape index (κ3) is 4.72. The van der Waals surface area contributed by atoms with Crippen LogP contribution in [-0.2, 0) is 26.6 Å². The van der Waals surface area contributed by atoms with Crippen LogP contribution in [0.3, 0.4) is 0 Å². The SMILES string of the molecule is NCc1nc2c(-c3ccc(S(=O)(=O)N[C@@H](CN)CO)c(S(N)(=O)=O)c3C3=NCN=N3)cccc2[nH]1. The summed E-state index contributed by atoms with van der Waals surface area (Å²) in [5, 5.41) is 22.6. The van der Waals surface area contributed by atoms with Gasteiger partial charge in [0.25, 0.3) is 0 Å². The van der Waals surface area contributed by atoms with Crippen molar-refractivity contribution in [1.29, 1.82) is 0 Å². The number of sulfonamides is 2. The Labute approximate surface area is 200 Å². The van der Waals surface area contributed by atoms with E-state index in [-0.39, 0.29) is 36.7 Å². The van der Waals surface area contributed by atoms with Gasteiger partial charge in [0.1, 0.15) is 15.6 Å². The first kappa shape index (κ1) is 25.0. The lowest BCUT2D eigenvalue weighted by atomic mass is 9.97. The summed E-state index contributed by atoms with van der Waals surface area (Å²) in [5.41, 5.74) is 12.9. The summed E-state index contributed by atoms with van der Waals surface area (Å²) in [6.07, 6.45) is 0. The first-order valence-corrected chi connectivity index (χ1v) is 13.3. The lowest BCUT2D eigenvalue weighted by Gasteiger charge is -2.19. The van der Waals surface area contributed by atoms with Gasteiger partial charge in [0.15, 0.2) is 12.5 Å². The Morgan fingerprint density at radius 3 is 2.49 bits per heavy atom. The van der Waals surface area contributed by atoms with E-state index in [2.05, 4.69) is 29.9 Å². The van der Waals surface area contributed by atoms with Gasteiger partial charge in [0.05, 0.1) is 35.8 Å². The first-order chi connectivity index (χ1) is 16.6. The molecule has 1 aliphatic heterocycles. The van der Waals surface area contributed by atoms with Crippen molar-refractivity contribution in [3.63, 3.8) is 0 Å². The van der Waals surface area contributed by atoms with Crippen LogP contribution in [0.2, 0.25) is 0 Å². The Morgan fingerprint density at radius 2 is 1.89 bits per heavy atom. The molecule has 1 aromatic heterocycles. The van der Waals surface area contributed by atoms with Gasteiger partial charge in [-0.1, -0.05) is 18.2 Å². The van der Waals surface area contributed by atoms with Crippen LogP contribution in [0.25, 0.3) is 22.2 Å². The predicted octanol–water partition coefficient (Wildman–Crippen LogP) is -0.896. The van der Waals surface area contributed by atoms with Gasteiger partial charge >= 0.3 is 0 Å². The number of primary sulfonamides is 1. The molecular weight excluding hydrogens is 498 g/mol. The van der Waals surface area contributed by atoms with Crippen molar-refractivity contribution in [2.75, 3.05) is 19.8 Å². The van der Waals surface area contributed by atoms with Crippen LogP contribution >= 0.6 is 0 Å². The third-order valence-electron chi connectivity index (χ3n) is 5.24. The molecule has 35 heavy (non-hydrogen) atoms. The molecule has 0 saturated heterocycles. The summed E-state index contributed by atoms with van der Waals surface area (Å²) in [6.45, 7) is -0.758. The van der Waals surface area contributed by atoms with Crippen LogP contribution in [0.15, 0.2) is 55.3 Å². The van der Waals surface area contributed by atoms with Gasteiger partial charge in [0, 0.05) is 12.1 Å². The number of benzene rings is 2. The Bertz CT molecular complexity index is 1560. The zero-order valence-corrected chi connectivity index (χ0v) is 19.8. The molecule has 0 fully saturated rings. The molecule has 3 aromatic rings. The number of azo groups is 1. The van der Waals surface area contributed by atoms with E-state index in [1.807, 2.05) is 0 Å². The zero-order valence-electron chi connectivity index (χ0n) is 18.2. The van der Waals surface area contributed by atoms with Gasteiger partial charge in [-0.05, 0) is 17.7 Å². The standard InChI is InChI=1S/C19H23N9O5S2/c20-6-10(8-29)28-35(32,33)14-5-4-11(12-2-1-3-13-17(12)26-15(7-21)25-13)16(18(14)34(22,30)31)19-23-9-24-27-19/h1-5,10,28-29H,6-9,20-21H2,(H,25,26)(H2,22,30,31)/t10-/m0/s1. The molecule has 16 heteroatoms. The van der Waals surface area contributed by atoms with E-state index in [9.17, 15) is 21.9 Å². The number of aliphatic hydroxyl groups excluding tert-OH is 1. The summed E-state index contributed by atoms with van der Waals surface area (Å²) in [4.78, 5) is 10.3. The van der Waals surface area contributed by atoms with Gasteiger partial charge in [-0.2, -0.15) is 5.11 Å². The molecule has 0 bridgehead atoms. The number of hydrogen-bond donors (Lipinski definition) is 6. The van der Waals surface area contributed by atoms with Crippen LogP contribution in [0.1, 0.15) is 11.4 Å². The quantitative estimate of drug-likeness (QED) is 0.205. The Kier molecular flexibility index (Phi) is 6.78. The van der Waals surface area contributed by atoms with Gasteiger partial charge in [-0.15, -0.1) is 5.11 Å². The normalized spacial score (nSPS) is 15.0. The highest BCUT2D eigenvalue weighted by Gasteiger charge is 2.34. The van der Waals surface area contributed by atoms with Crippen LogP contribution in [-0.4, -0.2) is 63.6 Å². The van der Waals surface area contributed by atoms with Crippen molar-refractivity contribution >= 4 is 36.9 Å². The number of H-pyrrole nitrogens is 1. The van der Waals surface area contributed by atoms with Crippen LogP contribution < -0.4 is 21.3 Å². The number of fused-ring (bicyclic) bond motifs is 1. The lowest BCUT2D eigenvalue weighted by Crippen LogP contribution is -2.43. The van der Waals surface area contributed by atoms with E-state index in [4.69, 9.17) is 16.6 Å². The smallest absolute Gasteiger partial charge is 0.242 e. The number of nitrogens with zero attached hydrogens (tertiary/aromatic N) is 4. The summed E-state index contributed by atoms with van der Waals surface area (Å²) < 4.78 is 54.2. The molecule has 1 atom stereocenters. The molecule has 0 amide bonds. The number of aliphatic imine (C=N–C) groups is 1. The maximum atomic E-state index is 13.2. The number of amidine groups is 1. The summed E-state index contributed by atoms with van der Waals surface area (Å²) in [6, 6.07) is 6.64. The van der Waals surface area contributed by atoms with E-state index in [1.165, 1.54) is 6.07 Å². The molecule has 186 valence electrons. The molecule has 2 aromatic carbocycles. The van der Waals surface area contributed by atoms with E-state index >= 15 is 0 Å². The minimum absolute atomic E-state index is 0.0717. The zero-order chi connectivity index (χ0) is 25.4. The largest absolute Gasteiger partial charge is 0.395 e. The Morgan fingerprint density at radius 1 is 1.11 bits per heavy atom. The Balaban J connectivity index is 2.08. The Hall–Kier alpha value is -3.12. The second-order valence-corrected chi connectivity index (χ2v) is 10.7. The van der Waals surface area contributed by atoms with Crippen molar-refractivity contribution < 1.29 is 21.9 Å². The molecule has 1 aliphatic rings. The highest BCUT2D eigenvalue weighted by Crippen LogP contribution is 2.37. The molecule has 0 spiro atoms. The molecule has 4 rings (SSSR count). The number of aromatic nitrogens is 2. The molecule has 0 aliphatic carbocycles. The number of hydrogen-bond acceptors (Lipinski definition) is 11. The first-order valence-electron chi connectivity index (χ1n) is 10.2. The number of aliphatic hydroxyl groups is 1. The molecule has 0 radical (unpaired) electrons. The fourth-order valence-electron chi connectivity index (χ4n) is 3.70. The van der Waals surface area contributed by atoms with E-state index < -0.39 is 42.5 Å². The number of aromatic amines is 1. The van der Waals surface area contributed by atoms with Crippen molar-refractivity contribution in [3.05, 3.63) is 41.7 Å². The molecular formula is C19H23N9O5S2. The fraction of sp³-hybridized carbons (Fsp3) is 0.263. The van der Waals surface area contributed by atoms with Gasteiger partial charge < -0.3 is 21.6 Å². The second-order valence-electron chi connectivity index (χ2n) is 7.55. The summed E-state index contributed by atoms with van der Waals surface area (Å²) >= 11 is 0. The van der Waals surface area contributed by atoms with Crippen molar-refractivity contribution in [3.8, 4) is 11.1 Å². The third-order valence-corrected chi connectivity index (χ3v) is 7.93. The maximum Gasteiger partial charge on any atom is 0.242 e. The van der Waals surface area contributed by atoms with Crippen molar-refractivity contribution in [2.45, 2.75) is 22.4 Å². The van der Waals surface area contributed by atoms with Gasteiger partial charge in [0.2, 0.25) is 20.0 Å². The molecule has 14 nitrogen and oxygen atoms in total. The lowest BCUT2D eigenvalue weighted by molar-refractivity contribution is 0.259. The van der Waals surface area contributed by atoms with Crippen LogP contribution in [0.4, 0.5) is 0 Å². The number of rotatable bonds is 9. The van der Waals surface area contributed by atoms with Gasteiger partial charge in [-0.25, -0.2) is 36.7 Å². The number of nitrogens with one attached hydrogen (secondary N) is 2. The fourth-order valence-corrected chi connectivity index (χ4v) is 6.54. The van der Waals surface area contributed by atoms with E-state index in [0.717, 1.165) is 6.07 Å². The van der Waals surface area contributed by atoms with E-state index in [1.54, 1.807) is 18.2 Å². The average molecular weight is 522 g/mol. The summed E-state index contributed by atoms with van der Waals surface area (Å²) in [7, 11) is -9.17. The second kappa shape index (κ2) is 9.50. The van der Waals surface area contributed by atoms with Crippen molar-refractivity contribution in [2.24, 2.45) is 31.8 Å². The molecule has 0 saturated carbocycles. The van der Waals surface area contributed by atoms with Crippen LogP contribution in [0, 0.1) is 0 Å². The molecule has 0 unspecified atom stereocenters. The molecule has 2 heterocycles. The highest BCUT2D eigenvalue weighted by molar-refractivity contribution is 7.92. The maximum absolute atomic E-state index is 13.2. The number of para-hydroxylation sites is 1. The van der Waals surface area contributed by atoms with E-state index in [0.29, 0.717) is 22.4 Å². The minimum Gasteiger partial charge on any atom is -0.395 e. The number of imidazole rings is 1. The molecule has 9 N–H and O–H groups in total. The number of nitrogens with two attached hydrogens (primary N) is 3. The topological polar surface area (TPSA) is 244 Å². The van der Waals surface area contributed by atoms with Crippen molar-refractivity contribution in [1.82, 2.24) is 14.7 Å².